The van der Waals surface area contributed by atoms with Gasteiger partial charge in [-0.15, -0.1) is 0 Å². The predicted octanol–water partition coefficient (Wildman–Crippen LogP) is 0.354. The fourth-order valence-corrected chi connectivity index (χ4v) is 1.46. The minimum absolute atomic E-state index is 0.0252. The Bertz CT molecular complexity index is 263. The van der Waals surface area contributed by atoms with Gasteiger partial charge in [0.2, 0.25) is 0 Å². The van der Waals surface area contributed by atoms with Crippen LogP contribution in [0.2, 0.25) is 0 Å². The summed E-state index contributed by atoms with van der Waals surface area (Å²) in [5.74, 6) is -0.325. The number of carbonyl (C=O) groups is 1. The van der Waals surface area contributed by atoms with E-state index < -0.39 is 18.3 Å². The number of unbranched alkanes of at least 4 members (excludes halogenated alkanes) is 1. The number of aliphatic hydroxyl groups excluding tert-OH is 2. The first-order chi connectivity index (χ1) is 7.56. The highest BCUT2D eigenvalue weighted by molar-refractivity contribution is 5.70. The molecule has 92 valence electrons. The van der Waals surface area contributed by atoms with Crippen molar-refractivity contribution >= 4 is 5.97 Å². The number of hydrogen-bond acceptors (Lipinski definition) is 5. The van der Waals surface area contributed by atoms with Gasteiger partial charge >= 0.3 is 5.97 Å². The van der Waals surface area contributed by atoms with Crippen molar-refractivity contribution in [1.29, 1.82) is 0 Å². The van der Waals surface area contributed by atoms with Crippen molar-refractivity contribution in [2.75, 3.05) is 6.61 Å². The van der Waals surface area contributed by atoms with Crippen LogP contribution in [0.1, 0.15) is 26.2 Å². The molecule has 0 saturated carbocycles. The van der Waals surface area contributed by atoms with Crippen LogP contribution in [0.3, 0.4) is 0 Å². The summed E-state index contributed by atoms with van der Waals surface area (Å²) in [6, 6.07) is 0. The van der Waals surface area contributed by atoms with Crippen LogP contribution in [0.15, 0.2) is 12.3 Å². The number of carbonyl (C=O) groups excluding carboxylic acids is 1. The minimum Gasteiger partial charge on any atom is -0.429 e. The smallest absolute Gasteiger partial charge is 0.310 e. The van der Waals surface area contributed by atoms with Gasteiger partial charge in [0.15, 0.2) is 0 Å². The highest BCUT2D eigenvalue weighted by Gasteiger charge is 2.37. The van der Waals surface area contributed by atoms with Crippen LogP contribution in [-0.2, 0) is 14.3 Å². The number of esters is 1. The fraction of sp³-hybridized carbons (Fsp3) is 0.727. The van der Waals surface area contributed by atoms with E-state index >= 15 is 0 Å². The maximum Gasteiger partial charge on any atom is 0.310 e. The molecular weight excluding hydrogens is 212 g/mol. The zero-order valence-electron chi connectivity index (χ0n) is 9.39. The Labute approximate surface area is 94.7 Å². The van der Waals surface area contributed by atoms with Gasteiger partial charge in [-0.3, -0.25) is 4.79 Å². The molecule has 1 aliphatic heterocycles. The predicted molar refractivity (Wildman–Crippen MR) is 56.5 cm³/mol. The normalized spacial score (nSPS) is 29.1. The maximum absolute atomic E-state index is 11.3. The van der Waals surface area contributed by atoms with E-state index in [4.69, 9.17) is 9.47 Å². The molecule has 1 fully saturated rings. The van der Waals surface area contributed by atoms with Gasteiger partial charge in [0, 0.05) is 6.42 Å². The van der Waals surface area contributed by atoms with Crippen molar-refractivity contribution in [3.63, 3.8) is 0 Å². The van der Waals surface area contributed by atoms with Gasteiger partial charge in [-0.2, -0.15) is 0 Å². The second kappa shape index (κ2) is 5.98. The lowest BCUT2D eigenvalue weighted by Crippen LogP contribution is -2.32. The van der Waals surface area contributed by atoms with Crippen molar-refractivity contribution < 1.29 is 24.5 Å². The summed E-state index contributed by atoms with van der Waals surface area (Å²) in [4.78, 5) is 11.3. The highest BCUT2D eigenvalue weighted by atomic mass is 16.6. The van der Waals surface area contributed by atoms with Crippen molar-refractivity contribution in [3.05, 3.63) is 12.3 Å². The average molecular weight is 230 g/mol. The Balaban J connectivity index is 2.38. The van der Waals surface area contributed by atoms with E-state index in [1.165, 1.54) is 0 Å². The van der Waals surface area contributed by atoms with E-state index in [0.29, 0.717) is 6.42 Å². The van der Waals surface area contributed by atoms with Crippen LogP contribution < -0.4 is 0 Å². The Hall–Kier alpha value is -0.910. The zero-order chi connectivity index (χ0) is 12.1. The molecule has 5 heteroatoms. The van der Waals surface area contributed by atoms with E-state index in [0.717, 1.165) is 12.8 Å². The van der Waals surface area contributed by atoms with Crippen LogP contribution >= 0.6 is 0 Å². The molecule has 0 unspecified atom stereocenters. The summed E-state index contributed by atoms with van der Waals surface area (Å²) in [7, 11) is 0. The van der Waals surface area contributed by atoms with Gasteiger partial charge in [-0.1, -0.05) is 19.9 Å². The van der Waals surface area contributed by atoms with Crippen molar-refractivity contribution in [1.82, 2.24) is 0 Å². The van der Waals surface area contributed by atoms with Gasteiger partial charge in [0.25, 0.3) is 0 Å². The quantitative estimate of drug-likeness (QED) is 0.526. The number of rotatable bonds is 5. The second-order valence-electron chi connectivity index (χ2n) is 3.86. The van der Waals surface area contributed by atoms with Crippen LogP contribution in [0.25, 0.3) is 0 Å². The van der Waals surface area contributed by atoms with Crippen molar-refractivity contribution in [2.45, 2.75) is 44.5 Å². The Morgan fingerprint density at radius 2 is 2.25 bits per heavy atom. The average Bonchev–Trinajstić information content (AvgIpc) is 2.57. The SMILES string of the molecule is C=C(OC(=O)CCCC)[C@H]1OC[C@@H](O)[C@H]1O. The third-order valence-corrected chi connectivity index (χ3v) is 2.45. The molecule has 0 aromatic carbocycles. The molecule has 0 amide bonds. The fourth-order valence-electron chi connectivity index (χ4n) is 1.46. The molecule has 2 N–H and O–H groups in total. The monoisotopic (exact) mass is 230 g/mol. The summed E-state index contributed by atoms with van der Waals surface area (Å²) in [6.45, 7) is 5.53. The molecule has 5 nitrogen and oxygen atoms in total. The highest BCUT2D eigenvalue weighted by Crippen LogP contribution is 2.21. The number of hydrogen-bond donors (Lipinski definition) is 2. The Kier molecular flexibility index (Phi) is 4.92. The molecule has 1 aliphatic rings. The largest absolute Gasteiger partial charge is 0.429 e. The van der Waals surface area contributed by atoms with E-state index in [9.17, 15) is 15.0 Å². The molecule has 0 aromatic heterocycles. The molecule has 1 heterocycles. The molecule has 0 spiro atoms. The zero-order valence-corrected chi connectivity index (χ0v) is 9.39. The first-order valence-corrected chi connectivity index (χ1v) is 5.43. The lowest BCUT2D eigenvalue weighted by molar-refractivity contribution is -0.142. The molecule has 0 radical (unpaired) electrons. The molecule has 0 aliphatic carbocycles. The van der Waals surface area contributed by atoms with E-state index in [1.54, 1.807) is 0 Å². The Morgan fingerprint density at radius 1 is 1.56 bits per heavy atom. The lowest BCUT2D eigenvalue weighted by atomic mass is 10.1. The standard InChI is InChI=1S/C11H18O5/c1-3-4-5-9(13)16-7(2)11-10(14)8(12)6-15-11/h8,10-12,14H,2-6H2,1H3/t8-,10-,11-/m1/s1. The summed E-state index contributed by atoms with van der Waals surface area (Å²) in [6.07, 6.45) is -0.866. The van der Waals surface area contributed by atoms with Gasteiger partial charge in [0.1, 0.15) is 24.1 Å². The van der Waals surface area contributed by atoms with Crippen LogP contribution in [0.5, 0.6) is 0 Å². The third-order valence-electron chi connectivity index (χ3n) is 2.45. The summed E-state index contributed by atoms with van der Waals surface area (Å²) in [5.41, 5.74) is 0. The first kappa shape index (κ1) is 13.2. The lowest BCUT2D eigenvalue weighted by Gasteiger charge is -2.16. The maximum atomic E-state index is 11.3. The van der Waals surface area contributed by atoms with Gasteiger partial charge in [-0.05, 0) is 6.42 Å². The van der Waals surface area contributed by atoms with Crippen LogP contribution in [0, 0.1) is 0 Å². The third kappa shape index (κ3) is 3.30. The summed E-state index contributed by atoms with van der Waals surface area (Å²) in [5, 5.41) is 18.7. The summed E-state index contributed by atoms with van der Waals surface area (Å²) >= 11 is 0. The van der Waals surface area contributed by atoms with Crippen LogP contribution in [-0.4, -0.2) is 41.1 Å². The summed E-state index contributed by atoms with van der Waals surface area (Å²) < 4.78 is 9.99. The van der Waals surface area contributed by atoms with Gasteiger partial charge in [-0.25, -0.2) is 0 Å². The molecule has 16 heavy (non-hydrogen) atoms. The Morgan fingerprint density at radius 3 is 2.75 bits per heavy atom. The number of aliphatic hydroxyl groups is 2. The second-order valence-corrected chi connectivity index (χ2v) is 3.86. The van der Waals surface area contributed by atoms with E-state index in [2.05, 4.69) is 6.58 Å². The molecule has 1 rings (SSSR count). The van der Waals surface area contributed by atoms with E-state index in [1.807, 2.05) is 6.92 Å². The number of ether oxygens (including phenoxy) is 2. The molecule has 3 atom stereocenters. The van der Waals surface area contributed by atoms with Gasteiger partial charge < -0.3 is 19.7 Å². The molecule has 0 aromatic rings. The van der Waals surface area contributed by atoms with E-state index in [-0.39, 0.29) is 18.3 Å². The molecular formula is C11H18O5. The molecule has 1 saturated heterocycles. The topological polar surface area (TPSA) is 76.0 Å². The molecule has 0 bridgehead atoms. The van der Waals surface area contributed by atoms with Crippen molar-refractivity contribution in [2.24, 2.45) is 0 Å². The van der Waals surface area contributed by atoms with Crippen molar-refractivity contribution in [3.8, 4) is 0 Å². The van der Waals surface area contributed by atoms with Crippen LogP contribution in [0.4, 0.5) is 0 Å². The minimum atomic E-state index is -1.08. The first-order valence-electron chi connectivity index (χ1n) is 5.43. The van der Waals surface area contributed by atoms with Gasteiger partial charge in [0.05, 0.1) is 6.61 Å².